The van der Waals surface area contributed by atoms with E-state index in [1.807, 2.05) is 0 Å². The zero-order valence-electron chi connectivity index (χ0n) is 14.5. The Bertz CT molecular complexity index is 1010. The second kappa shape index (κ2) is 9.24. The van der Waals surface area contributed by atoms with E-state index in [-0.39, 0.29) is 22.8 Å². The van der Waals surface area contributed by atoms with E-state index in [2.05, 4.69) is 37.4 Å². The molecule has 3 rings (SSSR count). The van der Waals surface area contributed by atoms with Gasteiger partial charge in [0.05, 0.1) is 12.4 Å². The van der Waals surface area contributed by atoms with Gasteiger partial charge < -0.3 is 10.1 Å². The largest absolute Gasteiger partial charge is 0.437 e. The molecule has 28 heavy (non-hydrogen) atoms. The Labute approximate surface area is 166 Å². The second-order valence-electron chi connectivity index (χ2n) is 5.32. The van der Waals surface area contributed by atoms with Crippen molar-refractivity contribution in [2.24, 2.45) is 5.10 Å². The normalized spacial score (nSPS) is 10.5. The Hall–Kier alpha value is -3.78. The van der Waals surface area contributed by atoms with Crippen molar-refractivity contribution in [3.05, 3.63) is 78.2 Å². The Morgan fingerprint density at radius 2 is 2.07 bits per heavy atom. The average Bonchev–Trinajstić information content (AvgIpc) is 2.71. The molecule has 0 aliphatic rings. The third-order valence-electron chi connectivity index (χ3n) is 3.30. The number of ether oxygens (including phenoxy) is 1. The van der Waals surface area contributed by atoms with Crippen LogP contribution in [0.25, 0.3) is 0 Å². The summed E-state index contributed by atoms with van der Waals surface area (Å²) in [5.74, 6) is 0.468. The molecule has 2 aromatic heterocycles. The van der Waals surface area contributed by atoms with Crippen LogP contribution in [-0.4, -0.2) is 27.1 Å². The molecule has 0 radical (unpaired) electrons. The molecule has 0 fully saturated rings. The van der Waals surface area contributed by atoms with Crippen LogP contribution in [0.4, 0.5) is 11.6 Å². The minimum Gasteiger partial charge on any atom is -0.437 e. The lowest BCUT2D eigenvalue weighted by atomic mass is 10.3. The number of hydrogen-bond donors (Lipinski definition) is 2. The van der Waals surface area contributed by atoms with E-state index in [4.69, 9.17) is 16.3 Å². The Morgan fingerprint density at radius 1 is 1.25 bits per heavy atom. The van der Waals surface area contributed by atoms with Crippen LogP contribution >= 0.6 is 11.6 Å². The van der Waals surface area contributed by atoms with Crippen LogP contribution in [0, 0.1) is 0 Å². The number of halogens is 1. The first kappa shape index (κ1) is 19.0. The van der Waals surface area contributed by atoms with Gasteiger partial charge in [-0.1, -0.05) is 24.2 Å². The number of pyridine rings is 1. The van der Waals surface area contributed by atoms with E-state index in [9.17, 15) is 4.79 Å². The number of anilines is 2. The van der Waals surface area contributed by atoms with Crippen molar-refractivity contribution < 1.29 is 9.53 Å². The van der Waals surface area contributed by atoms with Crippen molar-refractivity contribution in [3.63, 3.8) is 0 Å². The van der Waals surface area contributed by atoms with Crippen molar-refractivity contribution in [2.75, 3.05) is 10.7 Å². The lowest BCUT2D eigenvalue weighted by molar-refractivity contribution is -0.111. The fourth-order valence-electron chi connectivity index (χ4n) is 2.03. The Morgan fingerprint density at radius 3 is 2.86 bits per heavy atom. The summed E-state index contributed by atoms with van der Waals surface area (Å²) in [5, 5.41) is 6.94. The molecular weight excluding hydrogens is 380 g/mol. The molecule has 2 heterocycles. The highest BCUT2D eigenvalue weighted by Gasteiger charge is 2.09. The van der Waals surface area contributed by atoms with Crippen LogP contribution in [0.5, 0.6) is 11.6 Å². The van der Waals surface area contributed by atoms with Crippen molar-refractivity contribution in [3.8, 4) is 11.6 Å². The molecule has 2 N–H and O–H groups in total. The molecule has 0 bridgehead atoms. The fraction of sp³-hybridized carbons (Fsp3) is 0. The zero-order chi connectivity index (χ0) is 19.8. The number of aromatic nitrogens is 3. The van der Waals surface area contributed by atoms with Crippen LogP contribution in [-0.2, 0) is 4.79 Å². The topological polar surface area (TPSA) is 101 Å². The molecule has 0 spiro atoms. The van der Waals surface area contributed by atoms with Gasteiger partial charge in [-0.2, -0.15) is 10.1 Å². The molecule has 1 aromatic carbocycles. The first-order valence-electron chi connectivity index (χ1n) is 8.07. The number of hydrazone groups is 1. The molecule has 0 aliphatic carbocycles. The molecular formula is C19H15ClN6O2. The van der Waals surface area contributed by atoms with Gasteiger partial charge in [0.1, 0.15) is 10.8 Å². The van der Waals surface area contributed by atoms with Gasteiger partial charge in [-0.15, -0.1) is 0 Å². The minimum absolute atomic E-state index is 0.144. The molecule has 8 nitrogen and oxygen atoms in total. The van der Waals surface area contributed by atoms with Crippen molar-refractivity contribution in [1.82, 2.24) is 15.0 Å². The maximum Gasteiger partial charge on any atom is 0.247 e. The predicted octanol–water partition coefficient (Wildman–Crippen LogP) is 3.89. The number of rotatable bonds is 7. The van der Waals surface area contributed by atoms with Gasteiger partial charge in [0.2, 0.25) is 17.7 Å². The third-order valence-corrected chi connectivity index (χ3v) is 3.56. The van der Waals surface area contributed by atoms with E-state index in [1.165, 1.54) is 12.3 Å². The summed E-state index contributed by atoms with van der Waals surface area (Å²) in [6, 6.07) is 10.4. The molecule has 140 valence electrons. The smallest absolute Gasteiger partial charge is 0.247 e. The van der Waals surface area contributed by atoms with E-state index < -0.39 is 0 Å². The lowest BCUT2D eigenvalue weighted by Crippen LogP contribution is -2.07. The van der Waals surface area contributed by atoms with E-state index in [0.717, 1.165) is 5.56 Å². The number of hydrogen-bond acceptors (Lipinski definition) is 7. The van der Waals surface area contributed by atoms with Gasteiger partial charge in [-0.3, -0.25) is 9.78 Å². The predicted molar refractivity (Wildman–Crippen MR) is 108 cm³/mol. The molecule has 0 saturated carbocycles. The molecule has 3 aromatic rings. The van der Waals surface area contributed by atoms with Crippen molar-refractivity contribution in [2.45, 2.75) is 0 Å². The highest BCUT2D eigenvalue weighted by Crippen LogP contribution is 2.29. The maximum absolute atomic E-state index is 11.4. The van der Waals surface area contributed by atoms with E-state index in [0.29, 0.717) is 11.4 Å². The number of amides is 1. The van der Waals surface area contributed by atoms with Gasteiger partial charge in [0.15, 0.2) is 0 Å². The van der Waals surface area contributed by atoms with E-state index >= 15 is 0 Å². The SMILES string of the molecule is C=CC(=O)Nc1cccc(Oc2nc(N/N=C/c3ccncc3)ncc2Cl)c1. The van der Waals surface area contributed by atoms with Crippen LogP contribution in [0.1, 0.15) is 5.56 Å². The average molecular weight is 395 g/mol. The van der Waals surface area contributed by atoms with Crippen LogP contribution < -0.4 is 15.5 Å². The maximum atomic E-state index is 11.4. The monoisotopic (exact) mass is 394 g/mol. The first-order valence-corrected chi connectivity index (χ1v) is 8.45. The van der Waals surface area contributed by atoms with Crippen LogP contribution in [0.3, 0.4) is 0 Å². The van der Waals surface area contributed by atoms with E-state index in [1.54, 1.807) is 55.0 Å². The van der Waals surface area contributed by atoms with Crippen LogP contribution in [0.2, 0.25) is 5.02 Å². The van der Waals surface area contributed by atoms with Crippen molar-refractivity contribution in [1.29, 1.82) is 0 Å². The van der Waals surface area contributed by atoms with Gasteiger partial charge in [-0.25, -0.2) is 10.4 Å². The fourth-order valence-corrected chi connectivity index (χ4v) is 2.16. The first-order chi connectivity index (χ1) is 13.6. The summed E-state index contributed by atoms with van der Waals surface area (Å²) < 4.78 is 5.71. The number of carbonyl (C=O) groups is 1. The highest BCUT2D eigenvalue weighted by atomic mass is 35.5. The van der Waals surface area contributed by atoms with Gasteiger partial charge >= 0.3 is 0 Å². The molecule has 0 aliphatic heterocycles. The quantitative estimate of drug-likeness (QED) is 0.358. The highest BCUT2D eigenvalue weighted by molar-refractivity contribution is 6.31. The third kappa shape index (κ3) is 5.36. The summed E-state index contributed by atoms with van der Waals surface area (Å²) in [6.45, 7) is 3.41. The Balaban J connectivity index is 1.71. The summed E-state index contributed by atoms with van der Waals surface area (Å²) in [5.41, 5.74) is 4.13. The molecule has 0 atom stereocenters. The van der Waals surface area contributed by atoms with Crippen molar-refractivity contribution >= 4 is 35.4 Å². The second-order valence-corrected chi connectivity index (χ2v) is 5.73. The summed E-state index contributed by atoms with van der Waals surface area (Å²) in [4.78, 5) is 23.6. The van der Waals surface area contributed by atoms with Gasteiger partial charge in [-0.05, 0) is 35.9 Å². The molecule has 1 amide bonds. The summed E-state index contributed by atoms with van der Waals surface area (Å²) >= 11 is 6.12. The molecule has 0 unspecified atom stereocenters. The molecule has 9 heteroatoms. The lowest BCUT2D eigenvalue weighted by Gasteiger charge is -2.09. The summed E-state index contributed by atoms with van der Waals surface area (Å²) in [6.07, 6.45) is 7.51. The number of carbonyl (C=O) groups excluding carboxylic acids is 1. The van der Waals surface area contributed by atoms with Gasteiger partial charge in [0.25, 0.3) is 0 Å². The van der Waals surface area contributed by atoms with Gasteiger partial charge in [0, 0.05) is 24.1 Å². The molecule has 0 saturated heterocycles. The zero-order valence-corrected chi connectivity index (χ0v) is 15.3. The number of nitrogens with one attached hydrogen (secondary N) is 2. The Kier molecular flexibility index (Phi) is 6.27. The number of benzene rings is 1. The van der Waals surface area contributed by atoms with Crippen LogP contribution in [0.15, 0.2) is 72.7 Å². The minimum atomic E-state index is -0.323. The standard InChI is InChI=1S/C19H15ClN6O2/c1-2-17(27)24-14-4-3-5-15(10-14)28-18-16(20)12-22-19(25-18)26-23-11-13-6-8-21-9-7-13/h2-12H,1H2,(H,24,27)(H,22,25,26)/b23-11+. The summed E-state index contributed by atoms with van der Waals surface area (Å²) in [7, 11) is 0. The number of nitrogens with zero attached hydrogens (tertiary/aromatic N) is 4.